The molecule has 0 atom stereocenters. The Morgan fingerprint density at radius 3 is 3.08 bits per heavy atom. The highest BCUT2D eigenvalue weighted by atomic mass is 19.1. The van der Waals surface area contributed by atoms with Crippen molar-refractivity contribution in [3.8, 4) is 17.7 Å². The minimum atomic E-state index is -0.518. The lowest BCUT2D eigenvalue weighted by Crippen LogP contribution is -1.92. The first kappa shape index (κ1) is 9.20. The van der Waals surface area contributed by atoms with Gasteiger partial charge in [0, 0.05) is 0 Å². The molecule has 3 nitrogen and oxygen atoms in total. The van der Waals surface area contributed by atoms with Crippen molar-refractivity contribution in [1.29, 1.82) is 0 Å². The van der Waals surface area contributed by atoms with Gasteiger partial charge in [0.2, 0.25) is 5.88 Å². The standard InChI is InChI=1S/C9H6FNO2/c1-13-9-7(3-2-4-12)5-8(10)6-11-9/h4-6H,1H3. The number of pyridine rings is 1. The van der Waals surface area contributed by atoms with Crippen LogP contribution in [0.25, 0.3) is 0 Å². The number of nitrogens with zero attached hydrogens (tertiary/aromatic N) is 1. The van der Waals surface area contributed by atoms with Gasteiger partial charge in [-0.2, -0.15) is 0 Å². The highest BCUT2D eigenvalue weighted by Gasteiger charge is 2.02. The fourth-order valence-electron chi connectivity index (χ4n) is 0.786. The van der Waals surface area contributed by atoms with Crippen molar-refractivity contribution in [1.82, 2.24) is 4.98 Å². The van der Waals surface area contributed by atoms with E-state index in [1.807, 2.05) is 0 Å². The van der Waals surface area contributed by atoms with Crippen LogP contribution in [0.1, 0.15) is 5.56 Å². The zero-order chi connectivity index (χ0) is 9.68. The van der Waals surface area contributed by atoms with Crippen LogP contribution < -0.4 is 4.74 Å². The molecule has 1 heterocycles. The van der Waals surface area contributed by atoms with E-state index in [-0.39, 0.29) is 11.4 Å². The Morgan fingerprint density at radius 2 is 2.46 bits per heavy atom. The Kier molecular flexibility index (Phi) is 2.98. The van der Waals surface area contributed by atoms with Gasteiger partial charge in [-0.1, -0.05) is 5.92 Å². The monoisotopic (exact) mass is 179 g/mol. The number of ether oxygens (including phenoxy) is 1. The molecule has 0 saturated heterocycles. The molecule has 0 saturated carbocycles. The molecule has 13 heavy (non-hydrogen) atoms. The topological polar surface area (TPSA) is 39.2 Å². The molecule has 0 radical (unpaired) electrons. The van der Waals surface area contributed by atoms with Crippen LogP contribution in [0.5, 0.6) is 5.88 Å². The third-order valence-corrected chi connectivity index (χ3v) is 1.28. The van der Waals surface area contributed by atoms with Crippen molar-refractivity contribution in [2.24, 2.45) is 0 Å². The Morgan fingerprint density at radius 1 is 1.69 bits per heavy atom. The summed E-state index contributed by atoms with van der Waals surface area (Å²) in [5, 5.41) is 0. The number of carbonyl (C=O) groups is 1. The molecule has 0 bridgehead atoms. The van der Waals surface area contributed by atoms with Gasteiger partial charge in [0.05, 0.1) is 18.9 Å². The number of hydrogen-bond acceptors (Lipinski definition) is 3. The Balaban J connectivity index is 3.15. The lowest BCUT2D eigenvalue weighted by Gasteiger charge is -1.99. The summed E-state index contributed by atoms with van der Waals surface area (Å²) in [4.78, 5) is 13.6. The first-order valence-electron chi connectivity index (χ1n) is 3.42. The van der Waals surface area contributed by atoms with Gasteiger partial charge in [0.25, 0.3) is 0 Å². The maximum Gasteiger partial charge on any atom is 0.229 e. The highest BCUT2D eigenvalue weighted by Crippen LogP contribution is 2.13. The van der Waals surface area contributed by atoms with Crippen molar-refractivity contribution < 1.29 is 13.9 Å². The predicted octanol–water partition coefficient (Wildman–Crippen LogP) is 0.780. The third kappa shape index (κ3) is 2.27. The average Bonchev–Trinajstić information content (AvgIpc) is 2.15. The zero-order valence-corrected chi connectivity index (χ0v) is 6.87. The summed E-state index contributed by atoms with van der Waals surface area (Å²) in [5.41, 5.74) is 0.259. The van der Waals surface area contributed by atoms with Gasteiger partial charge in [-0.15, -0.1) is 0 Å². The van der Waals surface area contributed by atoms with Gasteiger partial charge in [0.15, 0.2) is 6.29 Å². The maximum atomic E-state index is 12.6. The van der Waals surface area contributed by atoms with Gasteiger partial charge >= 0.3 is 0 Å². The van der Waals surface area contributed by atoms with Crippen LogP contribution in [-0.2, 0) is 4.79 Å². The van der Waals surface area contributed by atoms with Gasteiger partial charge in [-0.05, 0) is 12.0 Å². The van der Waals surface area contributed by atoms with Crippen LogP contribution in [0.4, 0.5) is 4.39 Å². The summed E-state index contributed by atoms with van der Waals surface area (Å²) in [6.45, 7) is 0. The fraction of sp³-hybridized carbons (Fsp3) is 0.111. The number of halogens is 1. The van der Waals surface area contributed by atoms with Gasteiger partial charge in [-0.3, -0.25) is 4.79 Å². The molecule has 0 aliphatic carbocycles. The van der Waals surface area contributed by atoms with E-state index in [1.165, 1.54) is 7.11 Å². The van der Waals surface area contributed by atoms with Crippen molar-refractivity contribution in [2.45, 2.75) is 0 Å². The molecule has 0 unspecified atom stereocenters. The molecule has 0 aromatic carbocycles. The van der Waals surface area contributed by atoms with E-state index in [2.05, 4.69) is 16.8 Å². The first-order valence-corrected chi connectivity index (χ1v) is 3.42. The quantitative estimate of drug-likeness (QED) is 0.472. The Labute approximate surface area is 74.6 Å². The molecular formula is C9H6FNO2. The third-order valence-electron chi connectivity index (χ3n) is 1.28. The normalized spacial score (nSPS) is 8.46. The first-order chi connectivity index (χ1) is 6.27. The molecule has 0 aliphatic heterocycles. The van der Waals surface area contributed by atoms with Gasteiger partial charge < -0.3 is 4.74 Å². The second-order valence-corrected chi connectivity index (χ2v) is 2.10. The lowest BCUT2D eigenvalue weighted by atomic mass is 10.2. The maximum absolute atomic E-state index is 12.6. The van der Waals surface area contributed by atoms with Crippen LogP contribution in [0.3, 0.4) is 0 Å². The van der Waals surface area contributed by atoms with Crippen LogP contribution >= 0.6 is 0 Å². The molecule has 0 N–H and O–H groups in total. The van der Waals surface area contributed by atoms with Crippen molar-refractivity contribution >= 4 is 6.29 Å². The summed E-state index contributed by atoms with van der Waals surface area (Å²) in [6, 6.07) is 1.16. The van der Waals surface area contributed by atoms with E-state index in [4.69, 9.17) is 4.74 Å². The smallest absolute Gasteiger partial charge is 0.229 e. The molecule has 1 aromatic rings. The minimum absolute atomic E-state index is 0.204. The molecule has 1 rings (SSSR count). The summed E-state index contributed by atoms with van der Waals surface area (Å²) in [7, 11) is 1.40. The molecule has 0 aliphatic rings. The van der Waals surface area contributed by atoms with E-state index >= 15 is 0 Å². The number of methoxy groups -OCH3 is 1. The fourth-order valence-corrected chi connectivity index (χ4v) is 0.786. The summed E-state index contributed by atoms with van der Waals surface area (Å²) < 4.78 is 17.4. The van der Waals surface area contributed by atoms with E-state index in [9.17, 15) is 9.18 Å². The van der Waals surface area contributed by atoms with E-state index in [0.29, 0.717) is 6.29 Å². The van der Waals surface area contributed by atoms with Crippen molar-refractivity contribution in [3.63, 3.8) is 0 Å². The second kappa shape index (κ2) is 4.21. The van der Waals surface area contributed by atoms with E-state index in [1.54, 1.807) is 0 Å². The second-order valence-electron chi connectivity index (χ2n) is 2.10. The van der Waals surface area contributed by atoms with Crippen molar-refractivity contribution in [2.75, 3.05) is 7.11 Å². The minimum Gasteiger partial charge on any atom is -0.480 e. The molecule has 0 spiro atoms. The van der Waals surface area contributed by atoms with Crippen LogP contribution in [0.2, 0.25) is 0 Å². The number of hydrogen-bond donors (Lipinski definition) is 0. The number of aromatic nitrogens is 1. The number of carbonyl (C=O) groups excluding carboxylic acids is 1. The average molecular weight is 179 g/mol. The lowest BCUT2D eigenvalue weighted by molar-refractivity contribution is -0.103. The Hall–Kier alpha value is -1.89. The van der Waals surface area contributed by atoms with E-state index < -0.39 is 5.82 Å². The molecule has 0 fully saturated rings. The van der Waals surface area contributed by atoms with Crippen molar-refractivity contribution in [3.05, 3.63) is 23.6 Å². The van der Waals surface area contributed by atoms with Gasteiger partial charge in [0.1, 0.15) is 5.82 Å². The summed E-state index contributed by atoms with van der Waals surface area (Å²) >= 11 is 0. The highest BCUT2D eigenvalue weighted by molar-refractivity contribution is 5.74. The van der Waals surface area contributed by atoms with Gasteiger partial charge in [-0.25, -0.2) is 9.37 Å². The molecule has 4 heteroatoms. The molecular weight excluding hydrogens is 173 g/mol. The summed E-state index contributed by atoms with van der Waals surface area (Å²) in [6.07, 6.45) is 1.44. The predicted molar refractivity (Wildman–Crippen MR) is 43.7 cm³/mol. The molecule has 1 aromatic heterocycles. The molecule has 66 valence electrons. The largest absolute Gasteiger partial charge is 0.480 e. The number of rotatable bonds is 1. The molecule has 0 amide bonds. The van der Waals surface area contributed by atoms with Crippen LogP contribution in [0.15, 0.2) is 12.3 Å². The Bertz CT molecular complexity index is 379. The zero-order valence-electron chi connectivity index (χ0n) is 6.87. The van der Waals surface area contributed by atoms with Crippen LogP contribution in [0, 0.1) is 17.7 Å². The van der Waals surface area contributed by atoms with E-state index in [0.717, 1.165) is 12.3 Å². The van der Waals surface area contributed by atoms with Crippen LogP contribution in [-0.4, -0.2) is 18.4 Å². The SMILES string of the molecule is COc1ncc(F)cc1C#CC=O. The summed E-state index contributed by atoms with van der Waals surface area (Å²) in [5.74, 6) is 4.25. The number of aldehydes is 1.